The van der Waals surface area contributed by atoms with Crippen molar-refractivity contribution in [2.24, 2.45) is 5.92 Å². The first-order chi connectivity index (χ1) is 7.93. The second kappa shape index (κ2) is 8.09. The molecule has 0 aromatic rings. The van der Waals surface area contributed by atoms with Gasteiger partial charge in [-0.1, -0.05) is 33.6 Å². The third-order valence-electron chi connectivity index (χ3n) is 3.12. The third-order valence-corrected chi connectivity index (χ3v) is 3.12. The summed E-state index contributed by atoms with van der Waals surface area (Å²) in [5.74, 6) is -1.06. The van der Waals surface area contributed by atoms with Crippen LogP contribution in [-0.2, 0) is 9.59 Å². The maximum atomic E-state index is 12.1. The van der Waals surface area contributed by atoms with Gasteiger partial charge in [0, 0.05) is 12.0 Å². The lowest BCUT2D eigenvalue weighted by atomic mass is 10.0. The van der Waals surface area contributed by atoms with Crippen LogP contribution < -0.4 is 0 Å². The average molecular weight is 243 g/mol. The lowest BCUT2D eigenvalue weighted by molar-refractivity contribution is -0.148. The van der Waals surface area contributed by atoms with E-state index in [9.17, 15) is 9.59 Å². The van der Waals surface area contributed by atoms with E-state index in [0.717, 1.165) is 25.7 Å². The SMILES string of the molecule is CCCCC(C)C(=O)N(CC(=O)O)C(C)CC. The summed E-state index contributed by atoms with van der Waals surface area (Å²) >= 11 is 0. The van der Waals surface area contributed by atoms with Crippen LogP contribution in [0, 0.1) is 5.92 Å². The number of carboxylic acid groups (broad SMARTS) is 1. The van der Waals surface area contributed by atoms with Gasteiger partial charge in [0.05, 0.1) is 0 Å². The Labute approximate surface area is 104 Å². The molecule has 0 fully saturated rings. The van der Waals surface area contributed by atoms with Crippen molar-refractivity contribution in [2.45, 2.75) is 59.4 Å². The van der Waals surface area contributed by atoms with Crippen LogP contribution in [0.3, 0.4) is 0 Å². The highest BCUT2D eigenvalue weighted by Crippen LogP contribution is 2.14. The molecular formula is C13H25NO3. The second-order valence-electron chi connectivity index (χ2n) is 4.66. The Bertz CT molecular complexity index is 253. The Kier molecular flexibility index (Phi) is 7.59. The van der Waals surface area contributed by atoms with Crippen molar-refractivity contribution < 1.29 is 14.7 Å². The van der Waals surface area contributed by atoms with Gasteiger partial charge in [-0.2, -0.15) is 0 Å². The quantitative estimate of drug-likeness (QED) is 0.712. The number of carboxylic acids is 1. The van der Waals surface area contributed by atoms with Gasteiger partial charge in [-0.15, -0.1) is 0 Å². The minimum absolute atomic E-state index is 0.0114. The number of hydrogen-bond acceptors (Lipinski definition) is 2. The lowest BCUT2D eigenvalue weighted by Crippen LogP contribution is -2.44. The van der Waals surface area contributed by atoms with E-state index in [2.05, 4.69) is 6.92 Å². The molecule has 0 rings (SSSR count). The summed E-state index contributed by atoms with van der Waals surface area (Å²) in [6.45, 7) is 7.64. The van der Waals surface area contributed by atoms with Gasteiger partial charge in [0.1, 0.15) is 6.54 Å². The molecule has 100 valence electrons. The van der Waals surface area contributed by atoms with E-state index in [0.29, 0.717) is 0 Å². The van der Waals surface area contributed by atoms with Crippen LogP contribution in [0.5, 0.6) is 0 Å². The normalized spacial score (nSPS) is 14.1. The van der Waals surface area contributed by atoms with Crippen LogP contribution in [-0.4, -0.2) is 34.5 Å². The fraction of sp³-hybridized carbons (Fsp3) is 0.846. The molecule has 0 saturated heterocycles. The van der Waals surface area contributed by atoms with Crippen molar-refractivity contribution in [1.29, 1.82) is 0 Å². The van der Waals surface area contributed by atoms with Gasteiger partial charge in [0.15, 0.2) is 0 Å². The standard InChI is InChI=1S/C13H25NO3/c1-5-7-8-10(3)13(17)14(9-12(15)16)11(4)6-2/h10-11H,5-9H2,1-4H3,(H,15,16). The molecule has 0 radical (unpaired) electrons. The first-order valence-electron chi connectivity index (χ1n) is 6.46. The van der Waals surface area contributed by atoms with E-state index in [4.69, 9.17) is 5.11 Å². The first kappa shape index (κ1) is 15.9. The molecule has 0 bridgehead atoms. The molecule has 1 N–H and O–H groups in total. The van der Waals surface area contributed by atoms with Gasteiger partial charge < -0.3 is 10.0 Å². The predicted molar refractivity (Wildman–Crippen MR) is 67.8 cm³/mol. The van der Waals surface area contributed by atoms with E-state index >= 15 is 0 Å². The zero-order chi connectivity index (χ0) is 13.4. The average Bonchev–Trinajstić information content (AvgIpc) is 2.30. The molecular weight excluding hydrogens is 218 g/mol. The summed E-state index contributed by atoms with van der Waals surface area (Å²) in [5, 5.41) is 8.84. The Hall–Kier alpha value is -1.06. The molecule has 0 aliphatic heterocycles. The monoisotopic (exact) mass is 243 g/mol. The molecule has 4 heteroatoms. The zero-order valence-electron chi connectivity index (χ0n) is 11.4. The molecule has 0 aromatic carbocycles. The molecule has 0 spiro atoms. The van der Waals surface area contributed by atoms with Crippen LogP contribution >= 0.6 is 0 Å². The van der Waals surface area contributed by atoms with Crippen molar-refractivity contribution >= 4 is 11.9 Å². The van der Waals surface area contributed by atoms with Gasteiger partial charge in [0.2, 0.25) is 5.91 Å². The number of carbonyl (C=O) groups excluding carboxylic acids is 1. The number of nitrogens with zero attached hydrogens (tertiary/aromatic N) is 1. The summed E-state index contributed by atoms with van der Waals surface area (Å²) in [7, 11) is 0. The van der Waals surface area contributed by atoms with Crippen molar-refractivity contribution in [3.05, 3.63) is 0 Å². The lowest BCUT2D eigenvalue weighted by Gasteiger charge is -2.29. The van der Waals surface area contributed by atoms with E-state index in [1.807, 2.05) is 20.8 Å². The van der Waals surface area contributed by atoms with Crippen LogP contribution in [0.15, 0.2) is 0 Å². The first-order valence-corrected chi connectivity index (χ1v) is 6.46. The topological polar surface area (TPSA) is 57.6 Å². The maximum absolute atomic E-state index is 12.1. The second-order valence-corrected chi connectivity index (χ2v) is 4.66. The smallest absolute Gasteiger partial charge is 0.323 e. The summed E-state index contributed by atoms with van der Waals surface area (Å²) < 4.78 is 0. The zero-order valence-corrected chi connectivity index (χ0v) is 11.4. The van der Waals surface area contributed by atoms with Gasteiger partial charge >= 0.3 is 5.97 Å². The number of unbranched alkanes of at least 4 members (excludes halogenated alkanes) is 1. The Morgan fingerprint density at radius 2 is 1.82 bits per heavy atom. The minimum atomic E-state index is -0.943. The van der Waals surface area contributed by atoms with E-state index in [1.165, 1.54) is 4.90 Å². The van der Waals surface area contributed by atoms with Crippen LogP contribution in [0.4, 0.5) is 0 Å². The fourth-order valence-corrected chi connectivity index (χ4v) is 1.73. The molecule has 0 aliphatic rings. The van der Waals surface area contributed by atoms with Gasteiger partial charge in [-0.05, 0) is 19.8 Å². The van der Waals surface area contributed by atoms with Crippen LogP contribution in [0.25, 0.3) is 0 Å². The van der Waals surface area contributed by atoms with E-state index in [-0.39, 0.29) is 24.4 Å². The number of rotatable bonds is 8. The summed E-state index contributed by atoms with van der Waals surface area (Å²) in [6, 6.07) is -0.0114. The molecule has 1 amide bonds. The van der Waals surface area contributed by atoms with Crippen molar-refractivity contribution in [1.82, 2.24) is 4.90 Å². The Morgan fingerprint density at radius 1 is 1.24 bits per heavy atom. The number of carbonyl (C=O) groups is 2. The van der Waals surface area contributed by atoms with Gasteiger partial charge in [-0.3, -0.25) is 9.59 Å². The van der Waals surface area contributed by atoms with Crippen LogP contribution in [0.2, 0.25) is 0 Å². The maximum Gasteiger partial charge on any atom is 0.323 e. The van der Waals surface area contributed by atoms with Gasteiger partial charge in [0.25, 0.3) is 0 Å². The third kappa shape index (κ3) is 5.71. The van der Waals surface area contributed by atoms with Crippen molar-refractivity contribution in [2.75, 3.05) is 6.54 Å². The molecule has 17 heavy (non-hydrogen) atoms. The largest absolute Gasteiger partial charge is 0.480 e. The van der Waals surface area contributed by atoms with E-state index < -0.39 is 5.97 Å². The number of hydrogen-bond donors (Lipinski definition) is 1. The highest BCUT2D eigenvalue weighted by molar-refractivity contribution is 5.83. The molecule has 4 nitrogen and oxygen atoms in total. The molecule has 2 atom stereocenters. The van der Waals surface area contributed by atoms with Gasteiger partial charge in [-0.25, -0.2) is 0 Å². The predicted octanol–water partition coefficient (Wildman–Crippen LogP) is 2.52. The number of amides is 1. The highest BCUT2D eigenvalue weighted by atomic mass is 16.4. The highest BCUT2D eigenvalue weighted by Gasteiger charge is 2.25. The van der Waals surface area contributed by atoms with Crippen molar-refractivity contribution in [3.63, 3.8) is 0 Å². The Morgan fingerprint density at radius 3 is 2.24 bits per heavy atom. The Balaban J connectivity index is 4.56. The summed E-state index contributed by atoms with van der Waals surface area (Å²) in [6.07, 6.45) is 3.68. The molecule has 2 unspecified atom stereocenters. The summed E-state index contributed by atoms with van der Waals surface area (Å²) in [4.78, 5) is 24.4. The summed E-state index contributed by atoms with van der Waals surface area (Å²) in [5.41, 5.74) is 0. The van der Waals surface area contributed by atoms with E-state index in [1.54, 1.807) is 0 Å². The number of aliphatic carboxylic acids is 1. The molecule has 0 heterocycles. The molecule has 0 aliphatic carbocycles. The fourth-order valence-electron chi connectivity index (χ4n) is 1.73. The van der Waals surface area contributed by atoms with Crippen LogP contribution in [0.1, 0.15) is 53.4 Å². The van der Waals surface area contributed by atoms with Crippen molar-refractivity contribution in [3.8, 4) is 0 Å². The molecule has 0 saturated carbocycles. The minimum Gasteiger partial charge on any atom is -0.480 e. The molecule has 0 aromatic heterocycles.